The minimum Gasteiger partial charge on any atom is -0.399 e. The lowest BCUT2D eigenvalue weighted by Gasteiger charge is -2.28. The van der Waals surface area contributed by atoms with Gasteiger partial charge in [0.2, 0.25) is 0 Å². The van der Waals surface area contributed by atoms with E-state index < -0.39 is 0 Å². The third-order valence-electron chi connectivity index (χ3n) is 3.43. The quantitative estimate of drug-likeness (QED) is 0.839. The van der Waals surface area contributed by atoms with Gasteiger partial charge >= 0.3 is 0 Å². The first-order valence-corrected chi connectivity index (χ1v) is 6.71. The second-order valence-electron chi connectivity index (χ2n) is 4.91. The topological polar surface area (TPSA) is 29.3 Å². The fraction of sp³-hybridized carbons (Fsp3) is 0.250. The standard InChI is InChI=1S/C16H19ClN2/c1-11-8-13(18)10-14(9-11)19(3)12(2)15-6-4-5-7-16(15)17/h4-10,12H,18H2,1-3H3. The van der Waals surface area contributed by atoms with Crippen molar-refractivity contribution in [3.8, 4) is 0 Å². The number of anilines is 2. The van der Waals surface area contributed by atoms with Crippen LogP contribution in [-0.2, 0) is 0 Å². The lowest BCUT2D eigenvalue weighted by Crippen LogP contribution is -2.22. The van der Waals surface area contributed by atoms with Crippen LogP contribution in [0.5, 0.6) is 0 Å². The Morgan fingerprint density at radius 3 is 2.47 bits per heavy atom. The molecule has 0 spiro atoms. The van der Waals surface area contributed by atoms with Crippen molar-refractivity contribution in [1.29, 1.82) is 0 Å². The molecular weight excluding hydrogens is 256 g/mol. The van der Waals surface area contributed by atoms with Gasteiger partial charge in [0.05, 0.1) is 6.04 Å². The van der Waals surface area contributed by atoms with Crippen LogP contribution < -0.4 is 10.6 Å². The van der Waals surface area contributed by atoms with Crippen LogP contribution in [0.1, 0.15) is 24.1 Å². The zero-order valence-corrected chi connectivity index (χ0v) is 12.3. The lowest BCUT2D eigenvalue weighted by atomic mass is 10.1. The van der Waals surface area contributed by atoms with Gasteiger partial charge in [-0.1, -0.05) is 29.8 Å². The highest BCUT2D eigenvalue weighted by molar-refractivity contribution is 6.31. The zero-order valence-electron chi connectivity index (χ0n) is 11.5. The summed E-state index contributed by atoms with van der Waals surface area (Å²) in [6, 6.07) is 14.2. The van der Waals surface area contributed by atoms with E-state index in [4.69, 9.17) is 17.3 Å². The Kier molecular flexibility index (Phi) is 4.01. The van der Waals surface area contributed by atoms with Crippen LogP contribution in [0.3, 0.4) is 0 Å². The van der Waals surface area contributed by atoms with E-state index in [1.54, 1.807) is 0 Å². The molecule has 2 aromatic rings. The molecule has 100 valence electrons. The van der Waals surface area contributed by atoms with Crippen LogP contribution in [0.15, 0.2) is 42.5 Å². The first-order valence-electron chi connectivity index (χ1n) is 6.33. The normalized spacial score (nSPS) is 12.2. The van der Waals surface area contributed by atoms with Crippen LogP contribution in [0.2, 0.25) is 5.02 Å². The highest BCUT2D eigenvalue weighted by Gasteiger charge is 2.15. The average Bonchev–Trinajstić information content (AvgIpc) is 2.36. The molecule has 0 aliphatic heterocycles. The van der Waals surface area contributed by atoms with Crippen molar-refractivity contribution in [3.63, 3.8) is 0 Å². The molecule has 1 atom stereocenters. The molecule has 0 saturated heterocycles. The molecule has 0 aliphatic carbocycles. The van der Waals surface area contributed by atoms with Gasteiger partial charge in [0.25, 0.3) is 0 Å². The SMILES string of the molecule is Cc1cc(N)cc(N(C)C(C)c2ccccc2Cl)c1. The Morgan fingerprint density at radius 2 is 1.84 bits per heavy atom. The number of nitrogens with zero attached hydrogens (tertiary/aromatic N) is 1. The molecule has 0 aromatic heterocycles. The summed E-state index contributed by atoms with van der Waals surface area (Å²) < 4.78 is 0. The summed E-state index contributed by atoms with van der Waals surface area (Å²) in [5.74, 6) is 0. The van der Waals surface area contributed by atoms with Crippen molar-refractivity contribution >= 4 is 23.0 Å². The van der Waals surface area contributed by atoms with E-state index in [9.17, 15) is 0 Å². The van der Waals surface area contributed by atoms with Crippen molar-refractivity contribution < 1.29 is 0 Å². The van der Waals surface area contributed by atoms with Gasteiger partial charge in [-0.2, -0.15) is 0 Å². The molecule has 3 heteroatoms. The Morgan fingerprint density at radius 1 is 1.16 bits per heavy atom. The molecule has 1 unspecified atom stereocenters. The van der Waals surface area contributed by atoms with Gasteiger partial charge in [-0.3, -0.25) is 0 Å². The maximum absolute atomic E-state index is 6.26. The molecule has 2 rings (SSSR count). The Hall–Kier alpha value is -1.67. The summed E-state index contributed by atoms with van der Waals surface area (Å²) in [7, 11) is 2.06. The molecule has 2 aromatic carbocycles. The number of benzene rings is 2. The second-order valence-corrected chi connectivity index (χ2v) is 5.32. The van der Waals surface area contributed by atoms with Crippen molar-refractivity contribution in [2.24, 2.45) is 0 Å². The van der Waals surface area contributed by atoms with E-state index in [0.717, 1.165) is 27.5 Å². The largest absolute Gasteiger partial charge is 0.399 e. The van der Waals surface area contributed by atoms with Gasteiger partial charge in [0.1, 0.15) is 0 Å². The molecular formula is C16H19ClN2. The predicted molar refractivity (Wildman–Crippen MR) is 83.9 cm³/mol. The van der Waals surface area contributed by atoms with Gasteiger partial charge < -0.3 is 10.6 Å². The Bertz CT molecular complexity index is 560. The van der Waals surface area contributed by atoms with Crippen LogP contribution in [0, 0.1) is 6.92 Å². The molecule has 0 amide bonds. The highest BCUT2D eigenvalue weighted by Crippen LogP contribution is 2.31. The molecule has 0 fully saturated rings. The number of hydrogen-bond acceptors (Lipinski definition) is 2. The minimum absolute atomic E-state index is 0.190. The summed E-state index contributed by atoms with van der Waals surface area (Å²) in [4.78, 5) is 2.19. The fourth-order valence-electron chi connectivity index (χ4n) is 2.24. The highest BCUT2D eigenvalue weighted by atomic mass is 35.5. The predicted octanol–water partition coefficient (Wildman–Crippen LogP) is 4.43. The van der Waals surface area contributed by atoms with Gasteiger partial charge in [-0.15, -0.1) is 0 Å². The maximum Gasteiger partial charge on any atom is 0.0525 e. The number of hydrogen-bond donors (Lipinski definition) is 1. The fourth-order valence-corrected chi connectivity index (χ4v) is 2.54. The van der Waals surface area contributed by atoms with Crippen molar-refractivity contribution in [2.45, 2.75) is 19.9 Å². The van der Waals surface area contributed by atoms with E-state index in [-0.39, 0.29) is 6.04 Å². The lowest BCUT2D eigenvalue weighted by molar-refractivity contribution is 0.740. The summed E-state index contributed by atoms with van der Waals surface area (Å²) >= 11 is 6.26. The Balaban J connectivity index is 2.33. The molecule has 0 saturated carbocycles. The second kappa shape index (κ2) is 5.54. The van der Waals surface area contributed by atoms with E-state index in [1.807, 2.05) is 37.3 Å². The van der Waals surface area contributed by atoms with Crippen molar-refractivity contribution in [1.82, 2.24) is 0 Å². The summed E-state index contributed by atoms with van der Waals surface area (Å²) in [6.45, 7) is 4.19. The summed E-state index contributed by atoms with van der Waals surface area (Å²) in [5.41, 5.74) is 10.1. The molecule has 2 nitrogen and oxygen atoms in total. The summed E-state index contributed by atoms with van der Waals surface area (Å²) in [5, 5.41) is 0.794. The molecule has 0 aliphatic rings. The maximum atomic E-state index is 6.26. The number of nitrogen functional groups attached to an aromatic ring is 1. The van der Waals surface area contributed by atoms with Crippen LogP contribution in [0.25, 0.3) is 0 Å². The van der Waals surface area contributed by atoms with Crippen LogP contribution >= 0.6 is 11.6 Å². The molecule has 19 heavy (non-hydrogen) atoms. The van der Waals surface area contributed by atoms with Gasteiger partial charge in [-0.25, -0.2) is 0 Å². The third kappa shape index (κ3) is 3.02. The molecule has 2 N–H and O–H groups in total. The monoisotopic (exact) mass is 274 g/mol. The Labute approximate surface area is 119 Å². The molecule has 0 radical (unpaired) electrons. The van der Waals surface area contributed by atoms with E-state index in [0.29, 0.717) is 0 Å². The number of nitrogens with two attached hydrogens (primary N) is 1. The van der Waals surface area contributed by atoms with Gasteiger partial charge in [0, 0.05) is 23.4 Å². The zero-order chi connectivity index (χ0) is 14.0. The third-order valence-corrected chi connectivity index (χ3v) is 3.77. The first-order chi connectivity index (χ1) is 8.99. The van der Waals surface area contributed by atoms with Crippen LogP contribution in [0.4, 0.5) is 11.4 Å². The van der Waals surface area contributed by atoms with Crippen molar-refractivity contribution in [2.75, 3.05) is 17.7 Å². The molecule has 0 bridgehead atoms. The van der Waals surface area contributed by atoms with E-state index in [1.165, 1.54) is 0 Å². The number of aryl methyl sites for hydroxylation is 1. The average molecular weight is 275 g/mol. The smallest absolute Gasteiger partial charge is 0.0525 e. The first kappa shape index (κ1) is 13.8. The van der Waals surface area contributed by atoms with Crippen molar-refractivity contribution in [3.05, 3.63) is 58.6 Å². The van der Waals surface area contributed by atoms with Gasteiger partial charge in [0.15, 0.2) is 0 Å². The summed E-state index contributed by atoms with van der Waals surface area (Å²) in [6.07, 6.45) is 0. The number of halogens is 1. The molecule has 0 heterocycles. The minimum atomic E-state index is 0.190. The number of rotatable bonds is 3. The van der Waals surface area contributed by atoms with Crippen LogP contribution in [-0.4, -0.2) is 7.05 Å². The van der Waals surface area contributed by atoms with E-state index >= 15 is 0 Å². The van der Waals surface area contributed by atoms with Gasteiger partial charge in [-0.05, 0) is 49.2 Å². The van der Waals surface area contributed by atoms with E-state index in [2.05, 4.69) is 31.0 Å².